The van der Waals surface area contributed by atoms with Crippen molar-refractivity contribution in [3.05, 3.63) is 35.4 Å². The second kappa shape index (κ2) is 12.4. The molecule has 0 saturated carbocycles. The van der Waals surface area contributed by atoms with Crippen LogP contribution in [-0.4, -0.2) is 68.5 Å². The van der Waals surface area contributed by atoms with E-state index in [1.807, 2.05) is 24.3 Å². The summed E-state index contributed by atoms with van der Waals surface area (Å²) in [7, 11) is 5.32. The van der Waals surface area contributed by atoms with Gasteiger partial charge in [-0.1, -0.05) is 39.8 Å². The Balaban J connectivity index is 2.61. The second-order valence-corrected chi connectivity index (χ2v) is 7.71. The largest absolute Gasteiger partial charge is 0.355 e. The smallest absolute Gasteiger partial charge is 0.253 e. The zero-order valence-electron chi connectivity index (χ0n) is 18.7. The first-order chi connectivity index (χ1) is 13.3. The third-order valence-corrected chi connectivity index (χ3v) is 4.87. The van der Waals surface area contributed by atoms with E-state index in [4.69, 9.17) is 0 Å². The van der Waals surface area contributed by atoms with Crippen molar-refractivity contribution in [2.45, 2.75) is 46.7 Å². The number of guanidine groups is 1. The minimum Gasteiger partial charge on any atom is -0.355 e. The van der Waals surface area contributed by atoms with Gasteiger partial charge in [0.15, 0.2) is 5.96 Å². The van der Waals surface area contributed by atoms with Gasteiger partial charge in [0.05, 0.1) is 0 Å². The van der Waals surface area contributed by atoms with Gasteiger partial charge < -0.3 is 15.5 Å². The maximum atomic E-state index is 12.0. The molecule has 6 nitrogen and oxygen atoms in total. The van der Waals surface area contributed by atoms with Crippen LogP contribution >= 0.6 is 0 Å². The Hall–Kier alpha value is -2.08. The van der Waals surface area contributed by atoms with Crippen molar-refractivity contribution in [2.75, 3.05) is 40.8 Å². The lowest BCUT2D eigenvalue weighted by Gasteiger charge is -2.31. The zero-order valence-corrected chi connectivity index (χ0v) is 18.7. The van der Waals surface area contributed by atoms with Gasteiger partial charge in [-0.25, -0.2) is 0 Å². The minimum absolute atomic E-state index is 0.0181. The molecular formula is C22H39N5O. The van der Waals surface area contributed by atoms with E-state index in [1.165, 1.54) is 0 Å². The topological polar surface area (TPSA) is 60.0 Å². The first kappa shape index (κ1) is 24.0. The average Bonchev–Trinajstić information content (AvgIpc) is 2.68. The van der Waals surface area contributed by atoms with Crippen molar-refractivity contribution in [1.82, 2.24) is 20.4 Å². The molecule has 6 heteroatoms. The Kier molecular flexibility index (Phi) is 10.6. The molecule has 0 aromatic heterocycles. The number of hydrogen-bond donors (Lipinski definition) is 2. The van der Waals surface area contributed by atoms with Crippen LogP contribution in [0.2, 0.25) is 0 Å². The molecule has 28 heavy (non-hydrogen) atoms. The van der Waals surface area contributed by atoms with Crippen LogP contribution in [0.4, 0.5) is 0 Å². The third-order valence-electron chi connectivity index (χ3n) is 4.87. The molecule has 0 heterocycles. The van der Waals surface area contributed by atoms with Crippen LogP contribution in [0, 0.1) is 5.92 Å². The van der Waals surface area contributed by atoms with Gasteiger partial charge in [0, 0.05) is 45.8 Å². The van der Waals surface area contributed by atoms with Gasteiger partial charge in [-0.15, -0.1) is 0 Å². The Morgan fingerprint density at radius 3 is 2.14 bits per heavy atom. The highest BCUT2D eigenvalue weighted by molar-refractivity contribution is 5.93. The monoisotopic (exact) mass is 389 g/mol. The van der Waals surface area contributed by atoms with Crippen LogP contribution in [0.25, 0.3) is 0 Å². The van der Waals surface area contributed by atoms with Crippen LogP contribution in [-0.2, 0) is 6.54 Å². The Morgan fingerprint density at radius 2 is 1.68 bits per heavy atom. The number of hydrogen-bond acceptors (Lipinski definition) is 3. The van der Waals surface area contributed by atoms with Gasteiger partial charge >= 0.3 is 0 Å². The number of benzene rings is 1. The number of rotatable bonds is 10. The summed E-state index contributed by atoms with van der Waals surface area (Å²) < 4.78 is 0. The summed E-state index contributed by atoms with van der Waals surface area (Å²) >= 11 is 0. The first-order valence-electron chi connectivity index (χ1n) is 10.3. The van der Waals surface area contributed by atoms with Crippen LogP contribution in [0.5, 0.6) is 0 Å². The number of nitrogens with one attached hydrogen (secondary N) is 2. The molecule has 0 aliphatic carbocycles. The zero-order chi connectivity index (χ0) is 21.1. The van der Waals surface area contributed by atoms with E-state index in [0.717, 1.165) is 37.6 Å². The second-order valence-electron chi connectivity index (χ2n) is 7.71. The normalized spacial score (nSPS) is 13.0. The molecule has 0 fully saturated rings. The number of amides is 1. The van der Waals surface area contributed by atoms with Crippen molar-refractivity contribution >= 4 is 11.9 Å². The number of carbonyl (C=O) groups is 1. The summed E-state index contributed by atoms with van der Waals surface area (Å²) in [4.78, 5) is 20.4. The predicted octanol–water partition coefficient (Wildman–Crippen LogP) is 2.81. The third kappa shape index (κ3) is 7.89. The van der Waals surface area contributed by atoms with E-state index >= 15 is 0 Å². The first-order valence-corrected chi connectivity index (χ1v) is 10.3. The van der Waals surface area contributed by atoms with Crippen molar-refractivity contribution in [1.29, 1.82) is 0 Å². The van der Waals surface area contributed by atoms with E-state index < -0.39 is 0 Å². The van der Waals surface area contributed by atoms with Crippen LogP contribution in [0.15, 0.2) is 29.3 Å². The van der Waals surface area contributed by atoms with Gasteiger partial charge in [0.25, 0.3) is 5.91 Å². The molecule has 1 aromatic rings. The Morgan fingerprint density at radius 1 is 1.07 bits per heavy atom. The predicted molar refractivity (Wildman–Crippen MR) is 119 cm³/mol. The summed E-state index contributed by atoms with van der Waals surface area (Å²) in [6, 6.07) is 8.19. The van der Waals surface area contributed by atoms with Crippen molar-refractivity contribution in [3.8, 4) is 0 Å². The maximum absolute atomic E-state index is 12.0. The Bertz CT molecular complexity index is 606. The summed E-state index contributed by atoms with van der Waals surface area (Å²) in [5.41, 5.74) is 1.81. The van der Waals surface area contributed by atoms with Crippen LogP contribution in [0.1, 0.15) is 50.0 Å². The molecule has 0 aliphatic heterocycles. The highest BCUT2D eigenvalue weighted by Gasteiger charge is 2.17. The highest BCUT2D eigenvalue weighted by Crippen LogP contribution is 2.11. The van der Waals surface area contributed by atoms with Gasteiger partial charge in [-0.3, -0.25) is 14.7 Å². The lowest BCUT2D eigenvalue weighted by Crippen LogP contribution is -2.47. The Labute approximate surface area is 171 Å². The molecule has 1 atom stereocenters. The van der Waals surface area contributed by atoms with Crippen LogP contribution < -0.4 is 10.6 Å². The van der Waals surface area contributed by atoms with Crippen LogP contribution in [0.3, 0.4) is 0 Å². The molecular weight excluding hydrogens is 350 g/mol. The fraction of sp³-hybridized carbons (Fsp3) is 0.636. The van der Waals surface area contributed by atoms with E-state index in [1.54, 1.807) is 26.0 Å². The lowest BCUT2D eigenvalue weighted by molar-refractivity contribution is 0.0827. The van der Waals surface area contributed by atoms with Gasteiger partial charge in [-0.2, -0.15) is 0 Å². The summed E-state index contributed by atoms with van der Waals surface area (Å²) in [6.07, 6.45) is 1.16. The summed E-state index contributed by atoms with van der Waals surface area (Å²) in [5, 5.41) is 6.84. The fourth-order valence-electron chi connectivity index (χ4n) is 3.29. The molecule has 2 N–H and O–H groups in total. The molecule has 0 saturated heterocycles. The number of carbonyl (C=O) groups excluding carboxylic acids is 1. The molecule has 0 bridgehead atoms. The SMILES string of the molecule is CCN(CC)C(CNC(=NC)NCc1ccc(C(=O)N(C)C)cc1)CC(C)C. The van der Waals surface area contributed by atoms with Gasteiger partial charge in [0.2, 0.25) is 0 Å². The van der Waals surface area contributed by atoms with Gasteiger partial charge in [-0.05, 0) is 43.1 Å². The number of likely N-dealkylation sites (N-methyl/N-ethyl adjacent to an activating group) is 1. The molecule has 1 unspecified atom stereocenters. The quantitative estimate of drug-likeness (QED) is 0.477. The summed E-state index contributed by atoms with van der Waals surface area (Å²) in [5.74, 6) is 1.48. The molecule has 158 valence electrons. The van der Waals surface area contributed by atoms with Gasteiger partial charge in [0.1, 0.15) is 0 Å². The molecule has 1 aromatic carbocycles. The standard InChI is InChI=1S/C22H39N5O/c1-8-27(9-2)20(14-17(3)4)16-25-22(23-5)24-15-18-10-12-19(13-11-18)21(28)26(6)7/h10-13,17,20H,8-9,14-16H2,1-7H3,(H2,23,24,25). The lowest BCUT2D eigenvalue weighted by atomic mass is 10.0. The molecule has 1 rings (SSSR count). The fourth-order valence-corrected chi connectivity index (χ4v) is 3.29. The minimum atomic E-state index is 0.0181. The molecule has 0 radical (unpaired) electrons. The number of aliphatic imine (C=N–C) groups is 1. The van der Waals surface area contributed by atoms with Crippen molar-refractivity contribution in [3.63, 3.8) is 0 Å². The number of nitrogens with zero attached hydrogens (tertiary/aromatic N) is 3. The summed E-state index contributed by atoms with van der Waals surface area (Å²) in [6.45, 7) is 12.6. The van der Waals surface area contributed by atoms with E-state index in [2.05, 4.69) is 48.2 Å². The maximum Gasteiger partial charge on any atom is 0.253 e. The van der Waals surface area contributed by atoms with Crippen molar-refractivity contribution in [2.24, 2.45) is 10.9 Å². The highest BCUT2D eigenvalue weighted by atomic mass is 16.2. The molecule has 0 aliphatic rings. The average molecular weight is 390 g/mol. The van der Waals surface area contributed by atoms with Crippen molar-refractivity contribution < 1.29 is 4.79 Å². The molecule has 0 spiro atoms. The van der Waals surface area contributed by atoms with E-state index in [0.29, 0.717) is 24.1 Å². The van der Waals surface area contributed by atoms with E-state index in [9.17, 15) is 4.79 Å². The molecule has 1 amide bonds. The van der Waals surface area contributed by atoms with E-state index in [-0.39, 0.29) is 5.91 Å².